The van der Waals surface area contributed by atoms with Gasteiger partial charge in [-0.05, 0) is 17.4 Å². The lowest BCUT2D eigenvalue weighted by Gasteiger charge is -2.11. The van der Waals surface area contributed by atoms with E-state index in [1.54, 1.807) is 11.3 Å². The van der Waals surface area contributed by atoms with Gasteiger partial charge in [-0.25, -0.2) is 0 Å². The van der Waals surface area contributed by atoms with Crippen molar-refractivity contribution in [1.82, 2.24) is 0 Å². The lowest BCUT2D eigenvalue weighted by atomic mass is 10.1. The number of rotatable bonds is 2. The summed E-state index contributed by atoms with van der Waals surface area (Å²) in [6, 6.07) is 3.93. The highest BCUT2D eigenvalue weighted by Gasteiger charge is 2.11. The van der Waals surface area contributed by atoms with Crippen LogP contribution in [0.5, 0.6) is 0 Å². The van der Waals surface area contributed by atoms with Crippen molar-refractivity contribution >= 4 is 11.3 Å². The molecule has 0 bridgehead atoms. The maximum absolute atomic E-state index is 9.50. The van der Waals surface area contributed by atoms with Crippen LogP contribution in [0.25, 0.3) is 0 Å². The van der Waals surface area contributed by atoms with E-state index in [4.69, 9.17) is 0 Å². The lowest BCUT2D eigenvalue weighted by Crippen LogP contribution is -2.02. The quantitative estimate of drug-likeness (QED) is 0.697. The van der Waals surface area contributed by atoms with Gasteiger partial charge in [-0.1, -0.05) is 19.9 Å². The van der Waals surface area contributed by atoms with Crippen LogP contribution in [0.15, 0.2) is 17.5 Å². The molecule has 1 nitrogen and oxygen atoms in total. The van der Waals surface area contributed by atoms with E-state index in [-0.39, 0.29) is 6.10 Å². The Balaban J connectivity index is 2.68. The predicted octanol–water partition coefficient (Wildman–Crippen LogP) is 2.44. The largest absolute Gasteiger partial charge is 0.387 e. The molecule has 1 N–H and O–H groups in total. The molecule has 0 aliphatic carbocycles. The first-order chi connectivity index (χ1) is 4.72. The van der Waals surface area contributed by atoms with Gasteiger partial charge < -0.3 is 5.11 Å². The summed E-state index contributed by atoms with van der Waals surface area (Å²) in [6.45, 7) is 4.04. The molecule has 0 spiro atoms. The summed E-state index contributed by atoms with van der Waals surface area (Å²) in [4.78, 5) is 1.06. The van der Waals surface area contributed by atoms with E-state index >= 15 is 0 Å². The van der Waals surface area contributed by atoms with Gasteiger partial charge in [-0.15, -0.1) is 11.3 Å². The standard InChI is InChI=1S/C8H12OS/c1-6(2)8(9)7-4-3-5-10-7/h3-6,8-9H,1-2H3/t8-/m1/s1. The van der Waals surface area contributed by atoms with Crippen LogP contribution in [-0.4, -0.2) is 5.11 Å². The van der Waals surface area contributed by atoms with Crippen molar-refractivity contribution in [2.75, 3.05) is 0 Å². The van der Waals surface area contributed by atoms with E-state index in [1.165, 1.54) is 0 Å². The van der Waals surface area contributed by atoms with Crippen molar-refractivity contribution in [1.29, 1.82) is 0 Å². The third-order valence-electron chi connectivity index (χ3n) is 1.47. The SMILES string of the molecule is CC(C)[C@@H](O)c1cccs1. The maximum Gasteiger partial charge on any atom is 0.0904 e. The Bertz CT molecular complexity index is 179. The molecule has 1 aromatic heterocycles. The third kappa shape index (κ3) is 1.58. The highest BCUT2D eigenvalue weighted by Crippen LogP contribution is 2.24. The van der Waals surface area contributed by atoms with Gasteiger partial charge in [0.25, 0.3) is 0 Å². The van der Waals surface area contributed by atoms with Crippen LogP contribution < -0.4 is 0 Å². The average molecular weight is 156 g/mol. The Morgan fingerprint density at radius 2 is 2.20 bits per heavy atom. The van der Waals surface area contributed by atoms with Crippen molar-refractivity contribution < 1.29 is 5.11 Å². The van der Waals surface area contributed by atoms with Crippen molar-refractivity contribution in [3.8, 4) is 0 Å². The molecule has 1 heterocycles. The van der Waals surface area contributed by atoms with E-state index < -0.39 is 0 Å². The lowest BCUT2D eigenvalue weighted by molar-refractivity contribution is 0.130. The molecule has 0 radical (unpaired) electrons. The van der Waals surface area contributed by atoms with E-state index in [1.807, 2.05) is 31.4 Å². The molecule has 0 fully saturated rings. The van der Waals surface area contributed by atoms with Crippen molar-refractivity contribution in [3.05, 3.63) is 22.4 Å². The number of aliphatic hydroxyl groups excluding tert-OH is 1. The van der Waals surface area contributed by atoms with Crippen LogP contribution >= 0.6 is 11.3 Å². The van der Waals surface area contributed by atoms with E-state index in [2.05, 4.69) is 0 Å². The molecule has 0 aromatic carbocycles. The number of aliphatic hydroxyl groups is 1. The average Bonchev–Trinajstić information content (AvgIpc) is 2.36. The second-order valence-corrected chi connectivity index (χ2v) is 3.68. The summed E-state index contributed by atoms with van der Waals surface area (Å²) in [5.41, 5.74) is 0. The number of thiophene rings is 1. The van der Waals surface area contributed by atoms with Gasteiger partial charge in [0.2, 0.25) is 0 Å². The minimum absolute atomic E-state index is 0.278. The molecule has 0 aliphatic rings. The molecule has 2 heteroatoms. The molecule has 0 saturated carbocycles. The summed E-state index contributed by atoms with van der Waals surface area (Å²) in [5.74, 6) is 0.318. The van der Waals surface area contributed by atoms with Gasteiger partial charge in [0.15, 0.2) is 0 Å². The molecule has 1 rings (SSSR count). The van der Waals surface area contributed by atoms with Gasteiger partial charge >= 0.3 is 0 Å². The van der Waals surface area contributed by atoms with Gasteiger partial charge in [-0.2, -0.15) is 0 Å². The normalized spacial score (nSPS) is 14.0. The molecular formula is C8H12OS. The minimum atomic E-state index is -0.278. The molecule has 0 unspecified atom stereocenters. The Labute approximate surface area is 65.3 Å². The van der Waals surface area contributed by atoms with Gasteiger partial charge in [0, 0.05) is 4.88 Å². The zero-order valence-electron chi connectivity index (χ0n) is 6.24. The first-order valence-electron chi connectivity index (χ1n) is 3.43. The first kappa shape index (κ1) is 7.76. The molecule has 1 aromatic rings. The molecule has 0 saturated heterocycles. The zero-order chi connectivity index (χ0) is 7.56. The fourth-order valence-electron chi connectivity index (χ4n) is 0.788. The van der Waals surface area contributed by atoms with Crippen LogP contribution in [0.2, 0.25) is 0 Å². The molecular weight excluding hydrogens is 144 g/mol. The monoisotopic (exact) mass is 156 g/mol. The molecule has 56 valence electrons. The van der Waals surface area contributed by atoms with E-state index in [0.717, 1.165) is 4.88 Å². The van der Waals surface area contributed by atoms with Gasteiger partial charge in [-0.3, -0.25) is 0 Å². The van der Waals surface area contributed by atoms with Crippen molar-refractivity contribution in [3.63, 3.8) is 0 Å². The Kier molecular flexibility index (Phi) is 2.46. The summed E-state index contributed by atoms with van der Waals surface area (Å²) >= 11 is 1.61. The smallest absolute Gasteiger partial charge is 0.0904 e. The molecule has 10 heavy (non-hydrogen) atoms. The summed E-state index contributed by atoms with van der Waals surface area (Å²) in [7, 11) is 0. The van der Waals surface area contributed by atoms with Crippen LogP contribution in [0.4, 0.5) is 0 Å². The van der Waals surface area contributed by atoms with E-state index in [0.29, 0.717) is 5.92 Å². The molecule has 0 aliphatic heterocycles. The number of hydrogen-bond acceptors (Lipinski definition) is 2. The highest BCUT2D eigenvalue weighted by molar-refractivity contribution is 7.10. The Morgan fingerprint density at radius 1 is 1.50 bits per heavy atom. The third-order valence-corrected chi connectivity index (χ3v) is 2.41. The summed E-state index contributed by atoms with van der Waals surface area (Å²) in [6.07, 6.45) is -0.278. The summed E-state index contributed by atoms with van der Waals surface area (Å²) in [5, 5.41) is 11.5. The predicted molar refractivity (Wildman–Crippen MR) is 44.1 cm³/mol. The van der Waals surface area contributed by atoms with Gasteiger partial charge in [0.1, 0.15) is 0 Å². The summed E-state index contributed by atoms with van der Waals surface area (Å²) < 4.78 is 0. The van der Waals surface area contributed by atoms with E-state index in [9.17, 15) is 5.11 Å². The zero-order valence-corrected chi connectivity index (χ0v) is 7.06. The highest BCUT2D eigenvalue weighted by atomic mass is 32.1. The fourth-order valence-corrected chi connectivity index (χ4v) is 1.67. The first-order valence-corrected chi connectivity index (χ1v) is 4.31. The second kappa shape index (κ2) is 3.17. The maximum atomic E-state index is 9.50. The molecule has 1 atom stereocenters. The number of hydrogen-bond donors (Lipinski definition) is 1. The van der Waals surface area contributed by atoms with Crippen molar-refractivity contribution in [2.45, 2.75) is 20.0 Å². The van der Waals surface area contributed by atoms with Crippen LogP contribution in [-0.2, 0) is 0 Å². The Morgan fingerprint density at radius 3 is 2.60 bits per heavy atom. The Hall–Kier alpha value is -0.340. The van der Waals surface area contributed by atoms with Crippen LogP contribution in [0.1, 0.15) is 24.8 Å². The van der Waals surface area contributed by atoms with Crippen LogP contribution in [0, 0.1) is 5.92 Å². The fraction of sp³-hybridized carbons (Fsp3) is 0.500. The minimum Gasteiger partial charge on any atom is -0.387 e. The molecule has 0 amide bonds. The second-order valence-electron chi connectivity index (χ2n) is 2.70. The van der Waals surface area contributed by atoms with Crippen molar-refractivity contribution in [2.24, 2.45) is 5.92 Å². The van der Waals surface area contributed by atoms with Gasteiger partial charge in [0.05, 0.1) is 6.10 Å². The van der Waals surface area contributed by atoms with Crippen LogP contribution in [0.3, 0.4) is 0 Å². The topological polar surface area (TPSA) is 20.2 Å².